The Morgan fingerprint density at radius 3 is 2.78 bits per heavy atom. The van der Waals surface area contributed by atoms with E-state index in [1.807, 2.05) is 17.0 Å². The molecule has 1 aliphatic heterocycles. The van der Waals surface area contributed by atoms with E-state index in [4.69, 9.17) is 11.6 Å². The summed E-state index contributed by atoms with van der Waals surface area (Å²) in [5, 5.41) is 9.80. The summed E-state index contributed by atoms with van der Waals surface area (Å²) in [5.41, 5.74) is 0.817. The summed E-state index contributed by atoms with van der Waals surface area (Å²) in [6.07, 6.45) is 2.39. The number of hydrogen-bond acceptors (Lipinski definition) is 2. The maximum absolute atomic E-state index is 12.0. The van der Waals surface area contributed by atoms with E-state index >= 15 is 0 Å². The normalized spacial score (nSPS) is 16.3. The molecule has 1 heterocycles. The second kappa shape index (κ2) is 5.88. The average Bonchev–Trinajstić information content (AvgIpc) is 2.89. The van der Waals surface area contributed by atoms with Crippen LogP contribution in [0.25, 0.3) is 0 Å². The first kappa shape index (κ1) is 12.9. The molecule has 0 spiro atoms. The molecule has 1 aliphatic rings. The average molecular weight is 263 g/mol. The van der Waals surface area contributed by atoms with Gasteiger partial charge in [0, 0.05) is 24.5 Å². The minimum atomic E-state index is -0.406. The molecule has 0 radical (unpaired) electrons. The smallest absolute Gasteiger partial charge is 0.224 e. The van der Waals surface area contributed by atoms with Crippen LogP contribution in [0.5, 0.6) is 0 Å². The summed E-state index contributed by atoms with van der Waals surface area (Å²) in [7, 11) is 0. The summed E-state index contributed by atoms with van der Waals surface area (Å²) >= 11 is 5.90. The third-order valence-corrected chi connectivity index (χ3v) is 3.48. The zero-order valence-electron chi connectivity index (χ0n) is 10.1. The third-order valence-electron chi connectivity index (χ3n) is 3.24. The van der Waals surface area contributed by atoms with Crippen molar-refractivity contribution in [2.75, 3.05) is 13.1 Å². The Hall–Kier alpha value is -1.53. The fraction of sp³-hybridized carbons (Fsp3) is 0.429. The third kappa shape index (κ3) is 3.02. The Morgan fingerprint density at radius 2 is 2.17 bits per heavy atom. The van der Waals surface area contributed by atoms with Gasteiger partial charge in [0.2, 0.25) is 5.91 Å². The van der Waals surface area contributed by atoms with Gasteiger partial charge in [0.05, 0.1) is 12.0 Å². The van der Waals surface area contributed by atoms with Crippen LogP contribution in [-0.2, 0) is 4.79 Å². The molecule has 4 heteroatoms. The highest BCUT2D eigenvalue weighted by molar-refractivity contribution is 6.30. The summed E-state index contributed by atoms with van der Waals surface area (Å²) in [6.45, 7) is 1.65. The second-order valence-corrected chi connectivity index (χ2v) is 4.97. The lowest BCUT2D eigenvalue weighted by molar-refractivity contribution is -0.130. The van der Waals surface area contributed by atoms with Crippen LogP contribution in [0.3, 0.4) is 0 Å². The van der Waals surface area contributed by atoms with Crippen LogP contribution in [0.1, 0.15) is 30.7 Å². The van der Waals surface area contributed by atoms with Crippen LogP contribution in [0.4, 0.5) is 0 Å². The first-order valence-corrected chi connectivity index (χ1v) is 6.51. The van der Waals surface area contributed by atoms with E-state index < -0.39 is 5.92 Å². The lowest BCUT2D eigenvalue weighted by Gasteiger charge is -2.17. The van der Waals surface area contributed by atoms with E-state index in [0.29, 0.717) is 5.02 Å². The van der Waals surface area contributed by atoms with Crippen LogP contribution in [0, 0.1) is 11.3 Å². The van der Waals surface area contributed by atoms with E-state index in [-0.39, 0.29) is 12.3 Å². The Balaban J connectivity index is 2.05. The van der Waals surface area contributed by atoms with E-state index in [1.54, 1.807) is 12.1 Å². The van der Waals surface area contributed by atoms with Gasteiger partial charge < -0.3 is 4.90 Å². The molecule has 94 valence electrons. The van der Waals surface area contributed by atoms with Crippen molar-refractivity contribution in [1.29, 1.82) is 5.26 Å². The van der Waals surface area contributed by atoms with Gasteiger partial charge in [-0.25, -0.2) is 0 Å². The summed E-state index contributed by atoms with van der Waals surface area (Å²) in [5.74, 6) is -0.337. The Morgan fingerprint density at radius 1 is 1.44 bits per heavy atom. The minimum absolute atomic E-state index is 0.0685. The number of nitrogens with zero attached hydrogens (tertiary/aromatic N) is 2. The maximum Gasteiger partial charge on any atom is 0.224 e. The summed E-state index contributed by atoms with van der Waals surface area (Å²) in [6, 6.07) is 9.37. The first-order chi connectivity index (χ1) is 8.70. The summed E-state index contributed by atoms with van der Waals surface area (Å²) < 4.78 is 0. The van der Waals surface area contributed by atoms with Crippen molar-refractivity contribution < 1.29 is 4.79 Å². The number of benzene rings is 1. The van der Waals surface area contributed by atoms with Gasteiger partial charge in [-0.15, -0.1) is 0 Å². The van der Waals surface area contributed by atoms with Crippen molar-refractivity contribution >= 4 is 17.5 Å². The number of halogens is 1. The van der Waals surface area contributed by atoms with Crippen molar-refractivity contribution in [2.24, 2.45) is 0 Å². The van der Waals surface area contributed by atoms with Crippen LogP contribution >= 0.6 is 11.6 Å². The second-order valence-electron chi connectivity index (χ2n) is 4.53. The van der Waals surface area contributed by atoms with Gasteiger partial charge in [-0.05, 0) is 30.5 Å². The van der Waals surface area contributed by atoms with Crippen molar-refractivity contribution in [1.82, 2.24) is 4.90 Å². The molecule has 0 bridgehead atoms. The quantitative estimate of drug-likeness (QED) is 0.841. The Bertz CT molecular complexity index is 475. The van der Waals surface area contributed by atoms with Gasteiger partial charge in [0.1, 0.15) is 0 Å². The fourth-order valence-electron chi connectivity index (χ4n) is 2.23. The standard InChI is InChI=1S/C14H15ClN2O/c15-13-5-3-4-11(8-13)12(10-16)9-14(18)17-6-1-2-7-17/h3-5,8,12H,1-2,6-7,9H2. The van der Waals surface area contributed by atoms with Gasteiger partial charge in [-0.2, -0.15) is 5.26 Å². The largest absolute Gasteiger partial charge is 0.343 e. The molecule has 1 amide bonds. The maximum atomic E-state index is 12.0. The Labute approximate surface area is 112 Å². The molecule has 1 aromatic rings. The van der Waals surface area contributed by atoms with Crippen LogP contribution in [0.15, 0.2) is 24.3 Å². The molecule has 18 heavy (non-hydrogen) atoms. The van der Waals surface area contributed by atoms with E-state index in [2.05, 4.69) is 6.07 Å². The van der Waals surface area contributed by atoms with Crippen molar-refractivity contribution in [3.63, 3.8) is 0 Å². The number of carbonyl (C=O) groups is 1. The molecule has 1 fully saturated rings. The van der Waals surface area contributed by atoms with Crippen LogP contribution in [0.2, 0.25) is 5.02 Å². The molecular formula is C14H15ClN2O. The molecule has 0 N–H and O–H groups in total. The predicted molar refractivity (Wildman–Crippen MR) is 70.2 cm³/mol. The minimum Gasteiger partial charge on any atom is -0.343 e. The zero-order chi connectivity index (χ0) is 13.0. The number of amides is 1. The van der Waals surface area contributed by atoms with Crippen molar-refractivity contribution in [2.45, 2.75) is 25.2 Å². The lowest BCUT2D eigenvalue weighted by atomic mass is 9.97. The summed E-state index contributed by atoms with van der Waals surface area (Å²) in [4.78, 5) is 13.9. The monoisotopic (exact) mass is 262 g/mol. The van der Waals surface area contributed by atoms with Gasteiger partial charge >= 0.3 is 0 Å². The fourth-order valence-corrected chi connectivity index (χ4v) is 2.43. The van der Waals surface area contributed by atoms with E-state index in [9.17, 15) is 10.1 Å². The van der Waals surface area contributed by atoms with Gasteiger partial charge in [0.25, 0.3) is 0 Å². The molecule has 2 rings (SSSR count). The van der Waals surface area contributed by atoms with Crippen LogP contribution < -0.4 is 0 Å². The van der Waals surface area contributed by atoms with E-state index in [0.717, 1.165) is 31.5 Å². The molecule has 1 aromatic carbocycles. The van der Waals surface area contributed by atoms with Gasteiger partial charge in [0.15, 0.2) is 0 Å². The molecule has 3 nitrogen and oxygen atoms in total. The molecule has 1 unspecified atom stereocenters. The highest BCUT2D eigenvalue weighted by Crippen LogP contribution is 2.23. The predicted octanol–water partition coefficient (Wildman–Crippen LogP) is 2.96. The number of hydrogen-bond donors (Lipinski definition) is 0. The highest BCUT2D eigenvalue weighted by Gasteiger charge is 2.22. The van der Waals surface area contributed by atoms with Crippen molar-refractivity contribution in [3.05, 3.63) is 34.9 Å². The first-order valence-electron chi connectivity index (χ1n) is 6.13. The van der Waals surface area contributed by atoms with Crippen LogP contribution in [-0.4, -0.2) is 23.9 Å². The SMILES string of the molecule is N#CC(CC(=O)N1CCCC1)c1cccc(Cl)c1. The molecule has 0 saturated carbocycles. The number of rotatable bonds is 3. The highest BCUT2D eigenvalue weighted by atomic mass is 35.5. The zero-order valence-corrected chi connectivity index (χ0v) is 10.9. The van der Waals surface area contributed by atoms with Gasteiger partial charge in [-0.1, -0.05) is 23.7 Å². The van der Waals surface area contributed by atoms with Crippen molar-refractivity contribution in [3.8, 4) is 6.07 Å². The Kier molecular flexibility index (Phi) is 4.22. The van der Waals surface area contributed by atoms with E-state index in [1.165, 1.54) is 0 Å². The molecule has 1 saturated heterocycles. The number of nitriles is 1. The number of likely N-dealkylation sites (tertiary alicyclic amines) is 1. The number of carbonyl (C=O) groups excluding carboxylic acids is 1. The molecule has 0 aromatic heterocycles. The molecule has 0 aliphatic carbocycles. The topological polar surface area (TPSA) is 44.1 Å². The molecule has 1 atom stereocenters. The lowest BCUT2D eigenvalue weighted by Crippen LogP contribution is -2.28. The molecular weight excluding hydrogens is 248 g/mol. The van der Waals surface area contributed by atoms with Gasteiger partial charge in [-0.3, -0.25) is 4.79 Å².